The van der Waals surface area contributed by atoms with Gasteiger partial charge in [0, 0.05) is 37.2 Å². The summed E-state index contributed by atoms with van der Waals surface area (Å²) in [5.74, 6) is 1.40. The first-order valence-electron chi connectivity index (χ1n) is 10.4. The maximum Gasteiger partial charge on any atom is 0.247 e. The van der Waals surface area contributed by atoms with Crippen LogP contribution < -0.4 is 15.5 Å². The molecule has 4 rings (SSSR count). The Bertz CT molecular complexity index is 1090. The van der Waals surface area contributed by atoms with Gasteiger partial charge in [0.25, 0.3) is 0 Å². The lowest BCUT2D eigenvalue weighted by Crippen LogP contribution is -2.49. The van der Waals surface area contributed by atoms with Gasteiger partial charge in [-0.05, 0) is 31.4 Å². The molecule has 0 radical (unpaired) electrons. The Kier molecular flexibility index (Phi) is 5.58. The molecule has 1 atom stereocenters. The van der Waals surface area contributed by atoms with Crippen LogP contribution in [-0.2, 0) is 17.9 Å². The van der Waals surface area contributed by atoms with E-state index in [9.17, 15) is 4.79 Å². The van der Waals surface area contributed by atoms with E-state index in [4.69, 9.17) is 0 Å². The van der Waals surface area contributed by atoms with E-state index in [-0.39, 0.29) is 17.9 Å². The van der Waals surface area contributed by atoms with Crippen LogP contribution in [0.2, 0.25) is 0 Å². The second kappa shape index (κ2) is 8.33. The molecule has 9 heteroatoms. The Morgan fingerprint density at radius 2 is 1.97 bits per heavy atom. The van der Waals surface area contributed by atoms with E-state index in [0.29, 0.717) is 24.7 Å². The molecule has 9 nitrogen and oxygen atoms in total. The third-order valence-electron chi connectivity index (χ3n) is 5.43. The summed E-state index contributed by atoms with van der Waals surface area (Å²) in [4.78, 5) is 27.9. The van der Waals surface area contributed by atoms with Gasteiger partial charge in [0.15, 0.2) is 5.82 Å². The van der Waals surface area contributed by atoms with Crippen LogP contribution in [0.4, 0.5) is 17.5 Å². The Hall–Kier alpha value is -3.49. The van der Waals surface area contributed by atoms with Crippen molar-refractivity contribution in [1.29, 1.82) is 0 Å². The molecule has 3 aromatic rings. The number of fused-ring (bicyclic) bond motifs is 1. The van der Waals surface area contributed by atoms with E-state index in [2.05, 4.69) is 36.8 Å². The molecule has 162 valence electrons. The highest BCUT2D eigenvalue weighted by molar-refractivity contribution is 6.03. The first-order chi connectivity index (χ1) is 14.8. The number of amides is 1. The van der Waals surface area contributed by atoms with Crippen molar-refractivity contribution in [3.8, 4) is 0 Å². The van der Waals surface area contributed by atoms with Crippen LogP contribution in [0.1, 0.15) is 36.4 Å². The number of aromatic nitrogens is 5. The van der Waals surface area contributed by atoms with Gasteiger partial charge >= 0.3 is 0 Å². The van der Waals surface area contributed by atoms with Gasteiger partial charge in [-0.25, -0.2) is 4.98 Å². The minimum absolute atomic E-state index is 0.0198. The minimum Gasteiger partial charge on any atom is -0.350 e. The van der Waals surface area contributed by atoms with Gasteiger partial charge in [-0.3, -0.25) is 14.5 Å². The molecule has 0 saturated carbocycles. The zero-order chi connectivity index (χ0) is 22.1. The first-order valence-corrected chi connectivity index (χ1v) is 10.4. The number of hydrogen-bond acceptors (Lipinski definition) is 7. The van der Waals surface area contributed by atoms with Crippen LogP contribution in [0.15, 0.2) is 30.7 Å². The third kappa shape index (κ3) is 4.35. The van der Waals surface area contributed by atoms with Crippen molar-refractivity contribution in [3.63, 3.8) is 0 Å². The second-order valence-electron chi connectivity index (χ2n) is 8.33. The maximum atomic E-state index is 12.5. The number of carbonyl (C=O) groups is 1. The number of rotatable bonds is 6. The largest absolute Gasteiger partial charge is 0.350 e. The lowest BCUT2D eigenvalue weighted by molar-refractivity contribution is -0.118. The fourth-order valence-corrected chi connectivity index (χ4v) is 3.84. The number of pyridine rings is 1. The molecule has 1 aliphatic heterocycles. The number of nitrogens with zero attached hydrogens (tertiary/aromatic N) is 6. The highest BCUT2D eigenvalue weighted by atomic mass is 16.2. The van der Waals surface area contributed by atoms with E-state index < -0.39 is 0 Å². The highest BCUT2D eigenvalue weighted by Crippen LogP contribution is 2.34. The summed E-state index contributed by atoms with van der Waals surface area (Å²) in [6.07, 6.45) is 5.71. The molecule has 3 aromatic heterocycles. The fraction of sp³-hybridized carbons (Fsp3) is 0.409. The highest BCUT2D eigenvalue weighted by Gasteiger charge is 2.35. The van der Waals surface area contributed by atoms with Crippen molar-refractivity contribution < 1.29 is 4.79 Å². The number of hydrogen-bond donors (Lipinski definition) is 2. The summed E-state index contributed by atoms with van der Waals surface area (Å²) < 4.78 is 1.89. The molecule has 2 N–H and O–H groups in total. The molecule has 1 amide bonds. The van der Waals surface area contributed by atoms with Gasteiger partial charge in [0.2, 0.25) is 11.9 Å². The van der Waals surface area contributed by atoms with Crippen molar-refractivity contribution >= 4 is 23.4 Å². The number of carbonyl (C=O) groups excluding carboxylic acids is 1. The van der Waals surface area contributed by atoms with Crippen LogP contribution >= 0.6 is 0 Å². The summed E-state index contributed by atoms with van der Waals surface area (Å²) in [6.45, 7) is 9.13. The molecule has 0 aliphatic carbocycles. The Morgan fingerprint density at radius 1 is 1.16 bits per heavy atom. The number of likely N-dealkylation sites (N-methyl/N-ethyl adjacent to an activating group) is 1. The van der Waals surface area contributed by atoms with E-state index in [1.165, 1.54) is 0 Å². The molecule has 31 heavy (non-hydrogen) atoms. The zero-order valence-corrected chi connectivity index (χ0v) is 18.5. The van der Waals surface area contributed by atoms with Gasteiger partial charge in [-0.15, -0.1) is 0 Å². The Balaban J connectivity index is 1.46. The number of aryl methyl sites for hydroxylation is 2. The number of anilines is 3. The maximum absolute atomic E-state index is 12.5. The van der Waals surface area contributed by atoms with E-state index in [1.807, 2.05) is 69.0 Å². The Morgan fingerprint density at radius 3 is 2.68 bits per heavy atom. The average molecular weight is 421 g/mol. The predicted octanol–water partition coefficient (Wildman–Crippen LogP) is 2.76. The summed E-state index contributed by atoms with van der Waals surface area (Å²) in [5.41, 5.74) is 4.54. The topological polar surface area (TPSA) is 101 Å². The van der Waals surface area contributed by atoms with Crippen molar-refractivity contribution in [1.82, 2.24) is 24.7 Å². The van der Waals surface area contributed by atoms with Gasteiger partial charge in [-0.1, -0.05) is 19.9 Å². The normalized spacial score (nSPS) is 15.7. The van der Waals surface area contributed by atoms with Crippen LogP contribution in [0.3, 0.4) is 0 Å². The third-order valence-corrected chi connectivity index (χ3v) is 5.43. The first kappa shape index (κ1) is 20.8. The van der Waals surface area contributed by atoms with Crippen LogP contribution in [0, 0.1) is 19.8 Å². The summed E-state index contributed by atoms with van der Waals surface area (Å²) in [6, 6.07) is 3.80. The standard InChI is InChI=1S/C22H28N8O/c1-13(2)19-21(31)27-18-15(4)26-22(28-20(18)29(19)5)24-9-17-10-25-30(12-17)11-16-7-6-14(3)23-8-16/h6-8,10,12-13,19H,9,11H2,1-5H3,(H,27,31)(H,24,26,28). The van der Waals surface area contributed by atoms with Crippen molar-refractivity contribution in [2.75, 3.05) is 22.6 Å². The predicted molar refractivity (Wildman–Crippen MR) is 120 cm³/mol. The zero-order valence-electron chi connectivity index (χ0n) is 18.5. The second-order valence-corrected chi connectivity index (χ2v) is 8.33. The molecular weight excluding hydrogens is 392 g/mol. The molecule has 0 aromatic carbocycles. The van der Waals surface area contributed by atoms with Gasteiger partial charge < -0.3 is 15.5 Å². The Labute approximate surface area is 181 Å². The van der Waals surface area contributed by atoms with Crippen molar-refractivity contribution in [2.24, 2.45) is 5.92 Å². The van der Waals surface area contributed by atoms with Gasteiger partial charge in [0.05, 0.1) is 18.4 Å². The molecular formula is C22H28N8O. The SMILES string of the molecule is Cc1ccc(Cn2cc(CNc3nc(C)c4c(n3)N(C)C(C(C)C)C(=O)N4)cn2)cn1. The summed E-state index contributed by atoms with van der Waals surface area (Å²) in [5, 5.41) is 10.7. The van der Waals surface area contributed by atoms with Crippen molar-refractivity contribution in [3.05, 3.63) is 53.2 Å². The molecule has 0 spiro atoms. The van der Waals surface area contributed by atoms with Crippen LogP contribution in [-0.4, -0.2) is 43.7 Å². The smallest absolute Gasteiger partial charge is 0.247 e. The molecule has 0 fully saturated rings. The molecule has 1 unspecified atom stereocenters. The van der Waals surface area contributed by atoms with Gasteiger partial charge in [-0.2, -0.15) is 10.1 Å². The quantitative estimate of drug-likeness (QED) is 0.632. The van der Waals surface area contributed by atoms with Crippen LogP contribution in [0.25, 0.3) is 0 Å². The summed E-state index contributed by atoms with van der Waals surface area (Å²) in [7, 11) is 1.91. The molecule has 0 saturated heterocycles. The molecule has 0 bridgehead atoms. The van der Waals surface area contributed by atoms with Crippen molar-refractivity contribution in [2.45, 2.75) is 46.8 Å². The molecule has 4 heterocycles. The fourth-order valence-electron chi connectivity index (χ4n) is 3.84. The van der Waals surface area contributed by atoms with E-state index >= 15 is 0 Å². The van der Waals surface area contributed by atoms with Crippen LogP contribution in [0.5, 0.6) is 0 Å². The average Bonchev–Trinajstić information content (AvgIpc) is 3.16. The lowest BCUT2D eigenvalue weighted by atomic mass is 9.99. The number of nitrogens with one attached hydrogen (secondary N) is 2. The van der Waals surface area contributed by atoms with E-state index in [1.54, 1.807) is 0 Å². The van der Waals surface area contributed by atoms with E-state index in [0.717, 1.165) is 28.3 Å². The monoisotopic (exact) mass is 420 g/mol. The minimum atomic E-state index is -0.260. The molecule has 1 aliphatic rings. The summed E-state index contributed by atoms with van der Waals surface area (Å²) >= 11 is 0. The lowest BCUT2D eigenvalue weighted by Gasteiger charge is -2.36. The van der Waals surface area contributed by atoms with Gasteiger partial charge in [0.1, 0.15) is 11.7 Å².